The molecule has 0 radical (unpaired) electrons. The molecule has 5 nitrogen and oxygen atoms in total. The number of carbonyl (C=O) groups excluding carboxylic acids is 2. The van der Waals surface area contributed by atoms with Crippen molar-refractivity contribution in [1.82, 2.24) is 4.98 Å². The van der Waals surface area contributed by atoms with Crippen LogP contribution in [0.5, 0.6) is 0 Å². The molecule has 0 spiro atoms. The number of benzene rings is 2. The Morgan fingerprint density at radius 2 is 1.79 bits per heavy atom. The van der Waals surface area contributed by atoms with Crippen LogP contribution in [-0.2, 0) is 16.0 Å². The van der Waals surface area contributed by atoms with Crippen molar-refractivity contribution in [2.75, 3.05) is 5.32 Å². The largest absolute Gasteiger partial charge is 0.369 e. The summed E-state index contributed by atoms with van der Waals surface area (Å²) in [6, 6.07) is 9.81. The first-order valence-corrected chi connectivity index (χ1v) is 9.16. The molecule has 5 heteroatoms. The lowest BCUT2D eigenvalue weighted by Gasteiger charge is -2.15. The van der Waals surface area contributed by atoms with Gasteiger partial charge in [-0.1, -0.05) is 30.8 Å². The number of rotatable bonds is 5. The van der Waals surface area contributed by atoms with Crippen LogP contribution in [0, 0.1) is 20.8 Å². The quantitative estimate of drug-likeness (QED) is 0.581. The predicted molar refractivity (Wildman–Crippen MR) is 114 cm³/mol. The van der Waals surface area contributed by atoms with Crippen LogP contribution in [0.4, 0.5) is 5.69 Å². The van der Waals surface area contributed by atoms with E-state index < -0.39 is 0 Å². The van der Waals surface area contributed by atoms with Crippen molar-refractivity contribution in [2.24, 2.45) is 5.73 Å². The standard InChI is InChI=1S/C23H25N3O2/c1-12(2)23(28)26-19-8-6-7-17(14(19)4)18-10-9-16(11-20(24)27)22-21(18)13(3)15(5)25-22/h6-10,25H,1,11H2,2-5H3,(H2,24,27)(H,26,28). The van der Waals surface area contributed by atoms with Crippen LogP contribution >= 0.6 is 0 Å². The molecule has 0 aliphatic heterocycles. The van der Waals surface area contributed by atoms with Gasteiger partial charge in [0, 0.05) is 22.3 Å². The Morgan fingerprint density at radius 1 is 1.07 bits per heavy atom. The molecule has 2 amide bonds. The van der Waals surface area contributed by atoms with Crippen molar-refractivity contribution in [3.63, 3.8) is 0 Å². The first-order valence-electron chi connectivity index (χ1n) is 9.16. The maximum Gasteiger partial charge on any atom is 0.250 e. The molecule has 144 valence electrons. The van der Waals surface area contributed by atoms with Gasteiger partial charge in [-0.25, -0.2) is 0 Å². The van der Waals surface area contributed by atoms with Gasteiger partial charge in [-0.2, -0.15) is 0 Å². The van der Waals surface area contributed by atoms with Gasteiger partial charge in [0.15, 0.2) is 0 Å². The van der Waals surface area contributed by atoms with E-state index in [2.05, 4.69) is 23.8 Å². The Kier molecular flexibility index (Phi) is 5.10. The zero-order valence-electron chi connectivity index (χ0n) is 16.7. The smallest absolute Gasteiger partial charge is 0.250 e. The lowest BCUT2D eigenvalue weighted by molar-refractivity contribution is -0.117. The maximum atomic E-state index is 12.1. The van der Waals surface area contributed by atoms with E-state index in [0.717, 1.165) is 50.1 Å². The van der Waals surface area contributed by atoms with Crippen LogP contribution in [0.2, 0.25) is 0 Å². The van der Waals surface area contributed by atoms with E-state index in [1.54, 1.807) is 6.92 Å². The van der Waals surface area contributed by atoms with Gasteiger partial charge in [0.2, 0.25) is 5.91 Å². The van der Waals surface area contributed by atoms with Crippen molar-refractivity contribution < 1.29 is 9.59 Å². The second kappa shape index (κ2) is 7.35. The number of aromatic nitrogens is 1. The molecule has 1 heterocycles. The number of aryl methyl sites for hydroxylation is 2. The number of amides is 2. The SMILES string of the molecule is C=C(C)C(=O)Nc1cccc(-c2ccc(CC(N)=O)c3[nH]c(C)c(C)c23)c1C. The molecular formula is C23H25N3O2. The number of hydrogen-bond acceptors (Lipinski definition) is 2. The molecule has 3 rings (SSSR count). The maximum absolute atomic E-state index is 12.1. The molecule has 0 saturated heterocycles. The van der Waals surface area contributed by atoms with Crippen LogP contribution in [0.25, 0.3) is 22.0 Å². The van der Waals surface area contributed by atoms with E-state index >= 15 is 0 Å². The normalized spacial score (nSPS) is 10.9. The number of nitrogens with two attached hydrogens (primary N) is 1. The molecule has 1 aromatic heterocycles. The van der Waals surface area contributed by atoms with Crippen molar-refractivity contribution in [3.8, 4) is 11.1 Å². The van der Waals surface area contributed by atoms with E-state index in [1.807, 2.05) is 44.2 Å². The minimum atomic E-state index is -0.361. The lowest BCUT2D eigenvalue weighted by Crippen LogP contribution is -2.14. The second-order valence-electron chi connectivity index (χ2n) is 7.25. The fourth-order valence-corrected chi connectivity index (χ4v) is 3.50. The first-order chi connectivity index (χ1) is 13.2. The number of anilines is 1. The highest BCUT2D eigenvalue weighted by Crippen LogP contribution is 2.37. The number of primary amides is 1. The highest BCUT2D eigenvalue weighted by atomic mass is 16.2. The van der Waals surface area contributed by atoms with Crippen molar-refractivity contribution in [3.05, 3.63) is 64.9 Å². The van der Waals surface area contributed by atoms with Crippen LogP contribution in [-0.4, -0.2) is 16.8 Å². The molecule has 0 fully saturated rings. The highest BCUT2D eigenvalue weighted by molar-refractivity contribution is 6.05. The summed E-state index contributed by atoms with van der Waals surface area (Å²) in [5, 5.41) is 3.99. The van der Waals surface area contributed by atoms with Gasteiger partial charge in [0.05, 0.1) is 11.9 Å². The average Bonchev–Trinajstić information content (AvgIpc) is 2.93. The topological polar surface area (TPSA) is 88.0 Å². The van der Waals surface area contributed by atoms with Gasteiger partial charge >= 0.3 is 0 Å². The van der Waals surface area contributed by atoms with Gasteiger partial charge in [0.25, 0.3) is 5.91 Å². The van der Waals surface area contributed by atoms with Crippen LogP contribution in [0.3, 0.4) is 0 Å². The number of hydrogen-bond donors (Lipinski definition) is 3. The van der Waals surface area contributed by atoms with Crippen LogP contribution in [0.1, 0.15) is 29.3 Å². The minimum Gasteiger partial charge on any atom is -0.369 e. The third kappa shape index (κ3) is 3.43. The summed E-state index contributed by atoms with van der Waals surface area (Å²) >= 11 is 0. The van der Waals surface area contributed by atoms with E-state index in [4.69, 9.17) is 5.73 Å². The summed E-state index contributed by atoms with van der Waals surface area (Å²) in [4.78, 5) is 26.9. The van der Waals surface area contributed by atoms with Crippen LogP contribution < -0.4 is 11.1 Å². The van der Waals surface area contributed by atoms with E-state index in [-0.39, 0.29) is 18.2 Å². The molecular weight excluding hydrogens is 350 g/mol. The van der Waals surface area contributed by atoms with Gasteiger partial charge in [0.1, 0.15) is 0 Å². The summed E-state index contributed by atoms with van der Waals surface area (Å²) in [7, 11) is 0. The third-order valence-electron chi connectivity index (χ3n) is 5.17. The molecule has 0 aliphatic rings. The molecule has 28 heavy (non-hydrogen) atoms. The Hall–Kier alpha value is -3.34. The Labute approximate surface area is 164 Å². The Bertz CT molecular complexity index is 1120. The van der Waals surface area contributed by atoms with Crippen molar-refractivity contribution >= 4 is 28.4 Å². The molecule has 2 aromatic carbocycles. The van der Waals surface area contributed by atoms with Gasteiger partial charge < -0.3 is 16.0 Å². The molecule has 0 saturated carbocycles. The van der Waals surface area contributed by atoms with Crippen molar-refractivity contribution in [1.29, 1.82) is 0 Å². The predicted octanol–water partition coefficient (Wildman–Crippen LogP) is 4.30. The molecule has 0 unspecified atom stereocenters. The minimum absolute atomic E-state index is 0.184. The third-order valence-corrected chi connectivity index (χ3v) is 5.17. The number of carbonyl (C=O) groups is 2. The monoisotopic (exact) mass is 375 g/mol. The molecule has 0 aliphatic carbocycles. The molecule has 3 aromatic rings. The van der Waals surface area contributed by atoms with E-state index in [9.17, 15) is 9.59 Å². The molecule has 0 atom stereocenters. The number of nitrogens with one attached hydrogen (secondary N) is 2. The zero-order valence-corrected chi connectivity index (χ0v) is 16.7. The number of H-pyrrole nitrogens is 1. The fourth-order valence-electron chi connectivity index (χ4n) is 3.50. The van der Waals surface area contributed by atoms with Crippen LogP contribution in [0.15, 0.2) is 42.5 Å². The molecule has 4 N–H and O–H groups in total. The number of aromatic amines is 1. The average molecular weight is 375 g/mol. The Morgan fingerprint density at radius 3 is 2.43 bits per heavy atom. The molecule has 0 bridgehead atoms. The van der Waals surface area contributed by atoms with Gasteiger partial charge in [-0.3, -0.25) is 9.59 Å². The summed E-state index contributed by atoms with van der Waals surface area (Å²) in [6.07, 6.45) is 0.184. The second-order valence-corrected chi connectivity index (χ2v) is 7.25. The van der Waals surface area contributed by atoms with E-state index in [1.165, 1.54) is 0 Å². The Balaban J connectivity index is 2.21. The summed E-state index contributed by atoms with van der Waals surface area (Å²) in [5.41, 5.74) is 13.7. The number of fused-ring (bicyclic) bond motifs is 1. The fraction of sp³-hybridized carbons (Fsp3) is 0.217. The summed E-state index contributed by atoms with van der Waals surface area (Å²) in [6.45, 7) is 11.4. The van der Waals surface area contributed by atoms with Crippen molar-refractivity contribution in [2.45, 2.75) is 34.1 Å². The summed E-state index contributed by atoms with van der Waals surface area (Å²) < 4.78 is 0. The van der Waals surface area contributed by atoms with Gasteiger partial charge in [-0.05, 0) is 61.6 Å². The summed E-state index contributed by atoms with van der Waals surface area (Å²) in [5.74, 6) is -0.560. The lowest BCUT2D eigenvalue weighted by atomic mass is 9.92. The highest BCUT2D eigenvalue weighted by Gasteiger charge is 2.17. The zero-order chi connectivity index (χ0) is 20.6. The first kappa shape index (κ1) is 19.4. The van der Waals surface area contributed by atoms with Gasteiger partial charge in [-0.15, -0.1) is 0 Å². The van der Waals surface area contributed by atoms with E-state index in [0.29, 0.717) is 5.57 Å².